The number of nitrogens with one attached hydrogen (secondary N) is 1. The largest absolute Gasteiger partial charge is 0.461 e. The maximum atomic E-state index is 13.6. The molecule has 0 aliphatic carbocycles. The van der Waals surface area contributed by atoms with Gasteiger partial charge in [0.1, 0.15) is 18.2 Å². The van der Waals surface area contributed by atoms with E-state index in [2.05, 4.69) is 24.8 Å². The van der Waals surface area contributed by atoms with Gasteiger partial charge in [-0.1, -0.05) is 0 Å². The van der Waals surface area contributed by atoms with Gasteiger partial charge in [-0.2, -0.15) is 0 Å². The molecule has 3 aromatic heterocycles. The van der Waals surface area contributed by atoms with Crippen LogP contribution in [0.15, 0.2) is 55.0 Å². The van der Waals surface area contributed by atoms with E-state index in [1.54, 1.807) is 36.8 Å². The summed E-state index contributed by atoms with van der Waals surface area (Å²) < 4.78 is 21.6. The maximum absolute atomic E-state index is 13.6. The number of fused-ring (bicyclic) bond motifs is 1. The summed E-state index contributed by atoms with van der Waals surface area (Å²) in [7, 11) is 0. The van der Waals surface area contributed by atoms with Crippen molar-refractivity contribution in [2.45, 2.75) is 25.8 Å². The minimum absolute atomic E-state index is 0.0445. The van der Waals surface area contributed by atoms with Crippen LogP contribution in [-0.4, -0.2) is 42.6 Å². The number of ether oxygens (including phenoxy) is 1. The van der Waals surface area contributed by atoms with Gasteiger partial charge >= 0.3 is 6.01 Å². The van der Waals surface area contributed by atoms with Crippen LogP contribution in [0.4, 0.5) is 10.3 Å². The lowest BCUT2D eigenvalue weighted by atomic mass is 10.1. The second kappa shape index (κ2) is 8.70. The summed E-state index contributed by atoms with van der Waals surface area (Å²) in [6, 6.07) is 10.4. The zero-order chi connectivity index (χ0) is 21.9. The van der Waals surface area contributed by atoms with E-state index in [0.717, 1.165) is 41.3 Å². The Morgan fingerprint density at radius 3 is 2.66 bits per heavy atom. The number of imidazole rings is 1. The second-order valence-electron chi connectivity index (χ2n) is 7.43. The van der Waals surface area contributed by atoms with Crippen molar-refractivity contribution in [2.75, 3.05) is 18.5 Å². The first kappa shape index (κ1) is 20.0. The highest BCUT2D eigenvalue weighted by atomic mass is 19.1. The van der Waals surface area contributed by atoms with E-state index in [1.807, 2.05) is 13.0 Å². The first-order chi connectivity index (χ1) is 15.7. The van der Waals surface area contributed by atoms with E-state index in [4.69, 9.17) is 14.7 Å². The summed E-state index contributed by atoms with van der Waals surface area (Å²) in [5.74, 6) is 1.22. The number of benzene rings is 1. The molecule has 0 amide bonds. The van der Waals surface area contributed by atoms with E-state index in [9.17, 15) is 4.39 Å². The van der Waals surface area contributed by atoms with Gasteiger partial charge < -0.3 is 14.6 Å². The highest BCUT2D eigenvalue weighted by Crippen LogP contribution is 2.39. The number of nitrogens with zero attached hydrogens (tertiary/aromatic N) is 6. The standard InChI is InChI=1S/C23H22FN7O/c1-2-25-22-26-13-10-18(29-22)21-20(15-4-6-16(24)7-5-15)30-19-9-8-17(31(19)21)14-32-23-27-11-3-12-28-23/h3-7,10-13,17H,2,8-9,14H2,1H3,(H,25,26,29). The molecule has 1 aliphatic heterocycles. The Bertz CT molecular complexity index is 1210. The fourth-order valence-corrected chi connectivity index (χ4v) is 3.95. The molecule has 0 spiro atoms. The molecule has 0 radical (unpaired) electrons. The van der Waals surface area contributed by atoms with Gasteiger partial charge in [0.15, 0.2) is 0 Å². The molecular weight excluding hydrogens is 409 g/mol. The molecule has 5 rings (SSSR count). The summed E-state index contributed by atoms with van der Waals surface area (Å²) in [5, 5.41) is 3.16. The quantitative estimate of drug-likeness (QED) is 0.474. The molecular formula is C23H22FN7O. The normalized spacial score (nSPS) is 14.9. The van der Waals surface area contributed by atoms with Crippen molar-refractivity contribution in [3.05, 3.63) is 66.6 Å². The smallest absolute Gasteiger partial charge is 0.316 e. The van der Waals surface area contributed by atoms with Crippen LogP contribution in [0.3, 0.4) is 0 Å². The molecule has 1 unspecified atom stereocenters. The number of hydrogen-bond donors (Lipinski definition) is 1. The molecule has 0 saturated heterocycles. The Balaban J connectivity index is 1.58. The van der Waals surface area contributed by atoms with Crippen LogP contribution >= 0.6 is 0 Å². The number of anilines is 1. The Morgan fingerprint density at radius 1 is 1.06 bits per heavy atom. The Labute approximate surface area is 184 Å². The Hall–Kier alpha value is -3.88. The minimum Gasteiger partial charge on any atom is -0.461 e. The van der Waals surface area contributed by atoms with E-state index in [0.29, 0.717) is 25.1 Å². The van der Waals surface area contributed by atoms with Gasteiger partial charge in [0.2, 0.25) is 5.95 Å². The summed E-state index contributed by atoms with van der Waals surface area (Å²) in [5.41, 5.74) is 3.21. The van der Waals surface area contributed by atoms with Crippen LogP contribution in [0, 0.1) is 5.82 Å². The monoisotopic (exact) mass is 431 g/mol. The van der Waals surface area contributed by atoms with Crippen LogP contribution < -0.4 is 10.1 Å². The van der Waals surface area contributed by atoms with E-state index < -0.39 is 0 Å². The van der Waals surface area contributed by atoms with Crippen LogP contribution in [0.25, 0.3) is 22.6 Å². The summed E-state index contributed by atoms with van der Waals surface area (Å²) in [6.45, 7) is 3.12. The number of halogens is 1. The Morgan fingerprint density at radius 2 is 1.88 bits per heavy atom. The van der Waals surface area contributed by atoms with Gasteiger partial charge in [0.25, 0.3) is 0 Å². The van der Waals surface area contributed by atoms with Crippen molar-refractivity contribution >= 4 is 5.95 Å². The van der Waals surface area contributed by atoms with Crippen LogP contribution in [0.1, 0.15) is 25.2 Å². The van der Waals surface area contributed by atoms with Gasteiger partial charge in [-0.05, 0) is 49.7 Å². The van der Waals surface area contributed by atoms with Crippen molar-refractivity contribution in [3.63, 3.8) is 0 Å². The zero-order valence-corrected chi connectivity index (χ0v) is 17.6. The molecule has 8 nitrogen and oxygen atoms in total. The highest BCUT2D eigenvalue weighted by molar-refractivity contribution is 5.78. The molecule has 1 aliphatic rings. The topological polar surface area (TPSA) is 90.6 Å². The molecule has 0 saturated carbocycles. The van der Waals surface area contributed by atoms with Crippen molar-refractivity contribution < 1.29 is 9.13 Å². The predicted octanol–water partition coefficient (Wildman–Crippen LogP) is 3.93. The predicted molar refractivity (Wildman–Crippen MR) is 118 cm³/mol. The molecule has 32 heavy (non-hydrogen) atoms. The number of hydrogen-bond acceptors (Lipinski definition) is 7. The molecule has 1 N–H and O–H groups in total. The average Bonchev–Trinajstić information content (AvgIpc) is 3.39. The third-order valence-electron chi connectivity index (χ3n) is 5.35. The van der Waals surface area contributed by atoms with E-state index in [-0.39, 0.29) is 11.9 Å². The lowest BCUT2D eigenvalue weighted by Gasteiger charge is -2.17. The molecule has 4 aromatic rings. The third kappa shape index (κ3) is 3.89. The van der Waals surface area contributed by atoms with Gasteiger partial charge in [-0.25, -0.2) is 29.3 Å². The molecule has 1 aromatic carbocycles. The average molecular weight is 431 g/mol. The van der Waals surface area contributed by atoms with Crippen molar-refractivity contribution in [1.29, 1.82) is 0 Å². The van der Waals surface area contributed by atoms with Crippen molar-refractivity contribution in [2.24, 2.45) is 0 Å². The second-order valence-corrected chi connectivity index (χ2v) is 7.43. The molecule has 0 bridgehead atoms. The third-order valence-corrected chi connectivity index (χ3v) is 5.35. The van der Waals surface area contributed by atoms with Crippen molar-refractivity contribution in [3.8, 4) is 28.7 Å². The van der Waals surface area contributed by atoms with Crippen LogP contribution in [-0.2, 0) is 6.42 Å². The first-order valence-electron chi connectivity index (χ1n) is 10.6. The highest BCUT2D eigenvalue weighted by Gasteiger charge is 2.31. The Kier molecular flexibility index (Phi) is 5.45. The molecule has 162 valence electrons. The lowest BCUT2D eigenvalue weighted by molar-refractivity contribution is 0.237. The molecule has 9 heteroatoms. The minimum atomic E-state index is -0.285. The SMILES string of the molecule is CCNc1nccc(-c2c(-c3ccc(F)cc3)nc3n2C(COc2ncccn2)CC3)n1. The van der Waals surface area contributed by atoms with Gasteiger partial charge in [-0.15, -0.1) is 0 Å². The first-order valence-corrected chi connectivity index (χ1v) is 10.6. The number of aryl methyl sites for hydroxylation is 1. The molecule has 4 heterocycles. The molecule has 0 fully saturated rings. The van der Waals surface area contributed by atoms with Crippen molar-refractivity contribution in [1.82, 2.24) is 29.5 Å². The van der Waals surface area contributed by atoms with E-state index >= 15 is 0 Å². The van der Waals surface area contributed by atoms with Gasteiger partial charge in [-0.3, -0.25) is 0 Å². The van der Waals surface area contributed by atoms with Gasteiger partial charge in [0, 0.05) is 37.1 Å². The fourth-order valence-electron chi connectivity index (χ4n) is 3.95. The number of rotatable bonds is 7. The molecule has 1 atom stereocenters. The number of aromatic nitrogens is 6. The van der Waals surface area contributed by atoms with E-state index in [1.165, 1.54) is 12.1 Å². The maximum Gasteiger partial charge on any atom is 0.316 e. The van der Waals surface area contributed by atoms with Crippen LogP contribution in [0.2, 0.25) is 0 Å². The zero-order valence-electron chi connectivity index (χ0n) is 17.6. The summed E-state index contributed by atoms with van der Waals surface area (Å²) in [6.07, 6.45) is 6.73. The fraction of sp³-hybridized carbons (Fsp3) is 0.261. The summed E-state index contributed by atoms with van der Waals surface area (Å²) in [4.78, 5) is 22.2. The van der Waals surface area contributed by atoms with Crippen LogP contribution in [0.5, 0.6) is 6.01 Å². The lowest BCUT2D eigenvalue weighted by Crippen LogP contribution is -2.16. The van der Waals surface area contributed by atoms with Gasteiger partial charge in [0.05, 0.1) is 23.1 Å². The summed E-state index contributed by atoms with van der Waals surface area (Å²) >= 11 is 0.